The molecule has 0 amide bonds. The first-order valence-electron chi connectivity index (χ1n) is 4.10. The van der Waals surface area contributed by atoms with Gasteiger partial charge in [0.05, 0.1) is 17.8 Å². The molecule has 0 aliphatic carbocycles. The van der Waals surface area contributed by atoms with Crippen LogP contribution in [0.15, 0.2) is 6.07 Å². The van der Waals surface area contributed by atoms with Crippen LogP contribution in [0.1, 0.15) is 17.7 Å². The van der Waals surface area contributed by atoms with Crippen LogP contribution >= 0.6 is 0 Å². The summed E-state index contributed by atoms with van der Waals surface area (Å²) in [6.45, 7) is 1.79. The molecule has 4 nitrogen and oxygen atoms in total. The van der Waals surface area contributed by atoms with Gasteiger partial charge in [0.25, 0.3) is 0 Å². The Bertz CT molecular complexity index is 415. The quantitative estimate of drug-likeness (QED) is 0.497. The lowest BCUT2D eigenvalue weighted by atomic mass is 10.2. The Kier molecular flexibility index (Phi) is 3.08. The van der Waals surface area contributed by atoms with Gasteiger partial charge in [-0.05, 0) is 13.0 Å². The summed E-state index contributed by atoms with van der Waals surface area (Å²) >= 11 is 0. The predicted molar refractivity (Wildman–Crippen MR) is 55.4 cm³/mol. The van der Waals surface area contributed by atoms with E-state index in [4.69, 9.17) is 11.5 Å². The third kappa shape index (κ3) is 2.23. The van der Waals surface area contributed by atoms with Crippen LogP contribution in [0.5, 0.6) is 0 Å². The molecule has 72 valence electrons. The highest BCUT2D eigenvalue weighted by molar-refractivity contribution is 5.63. The first kappa shape index (κ1) is 10.1. The molecule has 1 aromatic heterocycles. The summed E-state index contributed by atoms with van der Waals surface area (Å²) < 4.78 is 0. The summed E-state index contributed by atoms with van der Waals surface area (Å²) in [7, 11) is 0. The molecule has 14 heavy (non-hydrogen) atoms. The highest BCUT2D eigenvalue weighted by Gasteiger charge is 2.01. The zero-order valence-electron chi connectivity index (χ0n) is 7.87. The maximum atomic E-state index is 10.0. The summed E-state index contributed by atoms with van der Waals surface area (Å²) in [6.07, 6.45) is 0.958. The van der Waals surface area contributed by atoms with Crippen molar-refractivity contribution in [3.8, 4) is 11.8 Å². The van der Waals surface area contributed by atoms with Crippen LogP contribution in [-0.4, -0.2) is 11.3 Å². The summed E-state index contributed by atoms with van der Waals surface area (Å²) in [4.78, 5) is 14.1. The average molecular weight is 189 g/mol. The van der Waals surface area contributed by atoms with E-state index in [1.165, 1.54) is 0 Å². The second kappa shape index (κ2) is 4.28. The molecule has 1 aromatic rings. The molecule has 0 spiro atoms. The number of aldehydes is 1. The lowest BCUT2D eigenvalue weighted by Crippen LogP contribution is -2.01. The molecule has 0 aliphatic heterocycles. The molecule has 0 fully saturated rings. The minimum atomic E-state index is 0.212. The van der Waals surface area contributed by atoms with E-state index in [9.17, 15) is 4.79 Å². The van der Waals surface area contributed by atoms with Gasteiger partial charge in [0, 0.05) is 5.56 Å². The van der Waals surface area contributed by atoms with Crippen molar-refractivity contribution in [1.82, 2.24) is 4.98 Å². The van der Waals surface area contributed by atoms with Crippen LogP contribution in [0.2, 0.25) is 0 Å². The number of hydrogen-bond donors (Lipinski definition) is 2. The summed E-state index contributed by atoms with van der Waals surface area (Å²) in [5, 5.41) is 0. The average Bonchev–Trinajstić information content (AvgIpc) is 2.14. The van der Waals surface area contributed by atoms with Crippen LogP contribution < -0.4 is 11.5 Å². The Morgan fingerprint density at radius 3 is 2.93 bits per heavy atom. The van der Waals surface area contributed by atoms with Crippen molar-refractivity contribution in [2.24, 2.45) is 0 Å². The Hall–Kier alpha value is -2.02. The largest absolute Gasteiger partial charge is 0.396 e. The van der Waals surface area contributed by atoms with E-state index in [0.29, 0.717) is 17.1 Å². The first-order valence-corrected chi connectivity index (χ1v) is 4.10. The molecule has 0 unspecified atom stereocenters. The number of carbonyl (C=O) groups excluding carboxylic acids is 1. The molecule has 1 rings (SSSR count). The van der Waals surface area contributed by atoms with Gasteiger partial charge in [0.1, 0.15) is 12.1 Å². The van der Waals surface area contributed by atoms with Crippen molar-refractivity contribution in [3.63, 3.8) is 0 Å². The Balaban J connectivity index is 3.05. The minimum Gasteiger partial charge on any atom is -0.396 e. The zero-order valence-corrected chi connectivity index (χ0v) is 7.87. The van der Waals surface area contributed by atoms with E-state index in [2.05, 4.69) is 16.8 Å². The number of rotatable bonds is 1. The second-order valence-electron chi connectivity index (χ2n) is 2.77. The Morgan fingerprint density at radius 2 is 2.29 bits per heavy atom. The molecule has 4 N–H and O–H groups in total. The molecular formula is C10H11N3O. The number of aromatic nitrogens is 1. The standard InChI is InChI=1S/C10H11N3O/c1-7-8(4-2-3-5-14)6-9(11)10(12)13-7/h5-6H,3,11H2,1H3,(H2,12,13). The van der Waals surface area contributed by atoms with Crippen molar-refractivity contribution in [1.29, 1.82) is 0 Å². The van der Waals surface area contributed by atoms with Crippen molar-refractivity contribution in [2.45, 2.75) is 13.3 Å². The number of nitrogen functional groups attached to an aromatic ring is 2. The number of anilines is 2. The fourth-order valence-electron chi connectivity index (χ4n) is 0.954. The molecule has 0 aliphatic rings. The molecule has 0 radical (unpaired) electrons. The maximum absolute atomic E-state index is 10.0. The van der Waals surface area contributed by atoms with Gasteiger partial charge < -0.3 is 16.3 Å². The van der Waals surface area contributed by atoms with Crippen molar-refractivity contribution in [2.75, 3.05) is 11.5 Å². The van der Waals surface area contributed by atoms with Crippen molar-refractivity contribution in [3.05, 3.63) is 17.3 Å². The van der Waals surface area contributed by atoms with E-state index in [1.807, 2.05) is 0 Å². The molecule has 0 saturated carbocycles. The van der Waals surface area contributed by atoms with E-state index in [0.717, 1.165) is 12.0 Å². The Morgan fingerprint density at radius 1 is 1.57 bits per heavy atom. The number of nitrogens with two attached hydrogens (primary N) is 2. The second-order valence-corrected chi connectivity index (χ2v) is 2.77. The topological polar surface area (TPSA) is 82.0 Å². The first-order chi connectivity index (χ1) is 6.65. The van der Waals surface area contributed by atoms with Gasteiger partial charge in [-0.1, -0.05) is 11.8 Å². The zero-order chi connectivity index (χ0) is 10.6. The van der Waals surface area contributed by atoms with Crippen LogP contribution in [0.25, 0.3) is 0 Å². The Labute approximate surface area is 82.3 Å². The van der Waals surface area contributed by atoms with Crippen LogP contribution in [-0.2, 0) is 4.79 Å². The SMILES string of the molecule is Cc1nc(N)c(N)cc1C#CCC=O. The molecular weight excluding hydrogens is 178 g/mol. The van der Waals surface area contributed by atoms with Crippen molar-refractivity contribution >= 4 is 17.8 Å². The molecule has 0 saturated heterocycles. The normalized spacial score (nSPS) is 8.93. The van der Waals surface area contributed by atoms with E-state index >= 15 is 0 Å². The van der Waals surface area contributed by atoms with E-state index in [-0.39, 0.29) is 6.42 Å². The fourth-order valence-corrected chi connectivity index (χ4v) is 0.954. The molecule has 0 atom stereocenters. The summed E-state index contributed by atoms with van der Waals surface area (Å²) in [5.74, 6) is 5.80. The van der Waals surface area contributed by atoms with Gasteiger partial charge in [-0.15, -0.1) is 0 Å². The monoisotopic (exact) mass is 189 g/mol. The molecule has 4 heteroatoms. The highest BCUT2D eigenvalue weighted by Crippen LogP contribution is 2.15. The number of nitrogens with zero attached hydrogens (tertiary/aromatic N) is 1. The van der Waals surface area contributed by atoms with Crippen LogP contribution in [0.3, 0.4) is 0 Å². The highest BCUT2D eigenvalue weighted by atomic mass is 16.1. The smallest absolute Gasteiger partial charge is 0.146 e. The molecule has 1 heterocycles. The molecule has 0 bridgehead atoms. The number of hydrogen-bond acceptors (Lipinski definition) is 4. The lowest BCUT2D eigenvalue weighted by molar-refractivity contribution is -0.107. The maximum Gasteiger partial charge on any atom is 0.146 e. The van der Waals surface area contributed by atoms with Crippen molar-refractivity contribution < 1.29 is 4.79 Å². The van der Waals surface area contributed by atoms with E-state index < -0.39 is 0 Å². The number of aryl methyl sites for hydroxylation is 1. The van der Waals surface area contributed by atoms with Gasteiger partial charge in [-0.3, -0.25) is 0 Å². The third-order valence-corrected chi connectivity index (χ3v) is 1.68. The van der Waals surface area contributed by atoms with Gasteiger partial charge in [-0.25, -0.2) is 4.98 Å². The minimum absolute atomic E-state index is 0.212. The van der Waals surface area contributed by atoms with Gasteiger partial charge in [0.15, 0.2) is 0 Å². The van der Waals surface area contributed by atoms with Crippen LogP contribution in [0, 0.1) is 18.8 Å². The third-order valence-electron chi connectivity index (χ3n) is 1.68. The van der Waals surface area contributed by atoms with E-state index in [1.54, 1.807) is 13.0 Å². The van der Waals surface area contributed by atoms with Gasteiger partial charge in [0.2, 0.25) is 0 Å². The number of carbonyl (C=O) groups is 1. The predicted octanol–water partition coefficient (Wildman–Crippen LogP) is 0.495. The van der Waals surface area contributed by atoms with Crippen LogP contribution in [0.4, 0.5) is 11.5 Å². The summed E-state index contributed by atoms with van der Waals surface area (Å²) in [5.41, 5.74) is 12.9. The summed E-state index contributed by atoms with van der Waals surface area (Å²) in [6, 6.07) is 1.66. The molecule has 0 aromatic carbocycles. The number of pyridine rings is 1. The van der Waals surface area contributed by atoms with Gasteiger partial charge >= 0.3 is 0 Å². The van der Waals surface area contributed by atoms with Gasteiger partial charge in [-0.2, -0.15) is 0 Å². The fraction of sp³-hybridized carbons (Fsp3) is 0.200. The lowest BCUT2D eigenvalue weighted by Gasteiger charge is -2.02.